The van der Waals surface area contributed by atoms with Gasteiger partial charge in [-0.1, -0.05) is 30.4 Å². The number of benzene rings is 1. The van der Waals surface area contributed by atoms with Gasteiger partial charge < -0.3 is 14.5 Å². The Kier molecular flexibility index (Phi) is 4.15. The molecule has 3 aliphatic rings. The van der Waals surface area contributed by atoms with Crippen LogP contribution in [0, 0.1) is 11.8 Å². The number of likely N-dealkylation sites (tertiary alicyclic amines) is 1. The van der Waals surface area contributed by atoms with Crippen LogP contribution in [0.3, 0.4) is 0 Å². The highest BCUT2D eigenvalue weighted by Crippen LogP contribution is 2.46. The van der Waals surface area contributed by atoms with Gasteiger partial charge in [0.1, 0.15) is 0 Å². The molecule has 1 N–H and O–H groups in total. The second kappa shape index (κ2) is 6.52. The van der Waals surface area contributed by atoms with E-state index in [4.69, 9.17) is 9.47 Å². The monoisotopic (exact) mass is 352 g/mol. The van der Waals surface area contributed by atoms with Crippen LogP contribution in [0.4, 0.5) is 0 Å². The molecule has 2 aliphatic heterocycles. The number of ether oxygens (including phenoxy) is 2. The summed E-state index contributed by atoms with van der Waals surface area (Å²) in [5, 5.41) is 1.36. The van der Waals surface area contributed by atoms with E-state index < -0.39 is 0 Å². The third-order valence-corrected chi connectivity index (χ3v) is 6.63. The number of H-pyrrole nitrogens is 1. The van der Waals surface area contributed by atoms with E-state index in [1.165, 1.54) is 35.0 Å². The fourth-order valence-corrected chi connectivity index (χ4v) is 5.25. The Bertz CT molecular complexity index is 805. The lowest BCUT2D eigenvalue weighted by Crippen LogP contribution is -2.49. The highest BCUT2D eigenvalue weighted by molar-refractivity contribution is 5.83. The maximum Gasteiger partial charge on any atom is 0.169 e. The van der Waals surface area contributed by atoms with Gasteiger partial charge in [-0.3, -0.25) is 4.90 Å². The predicted molar refractivity (Wildman–Crippen MR) is 103 cm³/mol. The molecule has 1 aromatic carbocycles. The van der Waals surface area contributed by atoms with Gasteiger partial charge in [-0.05, 0) is 36.3 Å². The first-order valence-electron chi connectivity index (χ1n) is 9.95. The molecule has 138 valence electrons. The third-order valence-electron chi connectivity index (χ3n) is 6.63. The fourth-order valence-electron chi connectivity index (χ4n) is 5.25. The summed E-state index contributed by atoms with van der Waals surface area (Å²) in [5.74, 6) is 0.972. The maximum absolute atomic E-state index is 5.96. The molecule has 2 aromatic rings. The molecule has 1 aromatic heterocycles. The average Bonchev–Trinajstić information content (AvgIpc) is 3.28. The van der Waals surface area contributed by atoms with Crippen LogP contribution < -0.4 is 0 Å². The Morgan fingerprint density at radius 2 is 2.08 bits per heavy atom. The molecule has 4 nitrogen and oxygen atoms in total. The van der Waals surface area contributed by atoms with Crippen LogP contribution in [0.15, 0.2) is 42.6 Å². The number of hydrogen-bond donors (Lipinski definition) is 1. The van der Waals surface area contributed by atoms with Crippen molar-refractivity contribution >= 4 is 10.9 Å². The second-order valence-corrected chi connectivity index (χ2v) is 8.22. The molecule has 4 heteroatoms. The molecule has 3 heterocycles. The van der Waals surface area contributed by atoms with Gasteiger partial charge in [-0.2, -0.15) is 0 Å². The Morgan fingerprint density at radius 3 is 2.96 bits per heavy atom. The van der Waals surface area contributed by atoms with E-state index in [1.807, 2.05) is 0 Å². The van der Waals surface area contributed by atoms with Crippen molar-refractivity contribution in [3.05, 3.63) is 48.2 Å². The Hall–Kier alpha value is -1.62. The van der Waals surface area contributed by atoms with Crippen LogP contribution in [-0.4, -0.2) is 48.5 Å². The third kappa shape index (κ3) is 2.90. The average molecular weight is 352 g/mol. The summed E-state index contributed by atoms with van der Waals surface area (Å²) in [4.78, 5) is 5.99. The molecule has 0 bridgehead atoms. The Balaban J connectivity index is 1.23. The van der Waals surface area contributed by atoms with Gasteiger partial charge in [-0.25, -0.2) is 0 Å². The fraction of sp³-hybridized carbons (Fsp3) is 0.545. The highest BCUT2D eigenvalue weighted by atomic mass is 16.7. The first kappa shape index (κ1) is 16.5. The lowest BCUT2D eigenvalue weighted by molar-refractivity contribution is -0.194. The zero-order valence-electron chi connectivity index (χ0n) is 15.4. The van der Waals surface area contributed by atoms with Crippen molar-refractivity contribution in [2.24, 2.45) is 11.8 Å². The van der Waals surface area contributed by atoms with Gasteiger partial charge in [-0.15, -0.1) is 0 Å². The lowest BCUT2D eigenvalue weighted by Gasteiger charge is -2.47. The van der Waals surface area contributed by atoms with E-state index in [1.54, 1.807) is 0 Å². The Morgan fingerprint density at radius 1 is 1.23 bits per heavy atom. The first-order chi connectivity index (χ1) is 12.7. The smallest absolute Gasteiger partial charge is 0.169 e. The van der Waals surface area contributed by atoms with Gasteiger partial charge in [0, 0.05) is 49.6 Å². The first-order valence-corrected chi connectivity index (χ1v) is 9.95. The minimum absolute atomic E-state index is 0.295. The van der Waals surface area contributed by atoms with Crippen LogP contribution in [0.1, 0.15) is 24.8 Å². The molecular weight excluding hydrogens is 324 g/mol. The highest BCUT2D eigenvalue weighted by Gasteiger charge is 2.47. The van der Waals surface area contributed by atoms with Crippen molar-refractivity contribution in [2.75, 3.05) is 32.8 Å². The molecular formula is C22H28N2O2. The van der Waals surface area contributed by atoms with Crippen molar-refractivity contribution < 1.29 is 9.47 Å². The molecule has 1 saturated carbocycles. The molecule has 2 saturated heterocycles. The molecule has 3 fully saturated rings. The number of nitrogens with one attached hydrogen (secondary N) is 1. The summed E-state index contributed by atoms with van der Waals surface area (Å²) in [6.07, 6.45) is 6.49. The SMILES string of the molecule is C=C1CN(CCc2c[nH]c3ccccc23)C[C@@H]2CCC3(C[C@H]12)OCCO3. The number of hydrogen-bond acceptors (Lipinski definition) is 3. The van der Waals surface area contributed by atoms with E-state index in [0.717, 1.165) is 45.6 Å². The van der Waals surface area contributed by atoms with Crippen LogP contribution in [0.2, 0.25) is 0 Å². The van der Waals surface area contributed by atoms with E-state index in [0.29, 0.717) is 11.8 Å². The predicted octanol–water partition coefficient (Wildman–Crippen LogP) is 3.74. The standard InChI is InChI=1S/C22H28N2O2/c1-16-14-24(9-7-17-13-23-21-5-3-2-4-19(17)21)15-18-6-8-22(12-20(16)18)25-10-11-26-22/h2-5,13,18,20,23H,1,6-12,14-15H2/t18-,20+/m0/s1. The van der Waals surface area contributed by atoms with Crippen LogP contribution in [0.25, 0.3) is 10.9 Å². The van der Waals surface area contributed by atoms with Crippen molar-refractivity contribution in [3.8, 4) is 0 Å². The minimum Gasteiger partial charge on any atom is -0.361 e. The molecule has 0 radical (unpaired) electrons. The van der Waals surface area contributed by atoms with Crippen molar-refractivity contribution in [1.29, 1.82) is 0 Å². The van der Waals surface area contributed by atoms with Gasteiger partial charge in [0.05, 0.1) is 13.2 Å². The van der Waals surface area contributed by atoms with Gasteiger partial charge in [0.15, 0.2) is 5.79 Å². The zero-order valence-corrected chi connectivity index (χ0v) is 15.4. The minimum atomic E-state index is -0.295. The van der Waals surface area contributed by atoms with Crippen LogP contribution >= 0.6 is 0 Å². The topological polar surface area (TPSA) is 37.5 Å². The van der Waals surface area contributed by atoms with Crippen LogP contribution in [0.5, 0.6) is 0 Å². The number of aromatic amines is 1. The molecule has 1 aliphatic carbocycles. The summed E-state index contributed by atoms with van der Waals surface area (Å²) in [5.41, 5.74) is 4.03. The van der Waals surface area contributed by atoms with E-state index >= 15 is 0 Å². The number of para-hydroxylation sites is 1. The summed E-state index contributed by atoms with van der Waals surface area (Å²) in [6, 6.07) is 8.58. The van der Waals surface area contributed by atoms with E-state index in [9.17, 15) is 0 Å². The summed E-state index contributed by atoms with van der Waals surface area (Å²) in [7, 11) is 0. The normalized spacial score (nSPS) is 28.7. The molecule has 5 rings (SSSR count). The van der Waals surface area contributed by atoms with Gasteiger partial charge in [0.25, 0.3) is 0 Å². The number of piperidine rings is 1. The molecule has 0 unspecified atom stereocenters. The maximum atomic E-state index is 5.96. The number of aromatic nitrogens is 1. The van der Waals surface area contributed by atoms with Gasteiger partial charge >= 0.3 is 0 Å². The Labute approximate surface area is 155 Å². The van der Waals surface area contributed by atoms with Gasteiger partial charge in [0.2, 0.25) is 0 Å². The molecule has 1 spiro atoms. The quantitative estimate of drug-likeness (QED) is 0.855. The number of fused-ring (bicyclic) bond motifs is 2. The van der Waals surface area contributed by atoms with Crippen molar-refractivity contribution in [3.63, 3.8) is 0 Å². The number of rotatable bonds is 3. The largest absolute Gasteiger partial charge is 0.361 e. The van der Waals surface area contributed by atoms with Crippen molar-refractivity contribution in [2.45, 2.75) is 31.5 Å². The van der Waals surface area contributed by atoms with Crippen LogP contribution in [-0.2, 0) is 15.9 Å². The summed E-state index contributed by atoms with van der Waals surface area (Å²) >= 11 is 0. The second-order valence-electron chi connectivity index (χ2n) is 8.22. The molecule has 2 atom stereocenters. The molecule has 26 heavy (non-hydrogen) atoms. The lowest BCUT2D eigenvalue weighted by atomic mass is 9.70. The summed E-state index contributed by atoms with van der Waals surface area (Å²) in [6.45, 7) is 9.24. The van der Waals surface area contributed by atoms with Crippen molar-refractivity contribution in [1.82, 2.24) is 9.88 Å². The van der Waals surface area contributed by atoms with E-state index in [-0.39, 0.29) is 5.79 Å². The molecule has 0 amide bonds. The van der Waals surface area contributed by atoms with E-state index in [2.05, 4.69) is 46.9 Å². The number of nitrogens with zero attached hydrogens (tertiary/aromatic N) is 1. The zero-order chi connectivity index (χ0) is 17.6. The summed E-state index contributed by atoms with van der Waals surface area (Å²) < 4.78 is 11.9.